The molecule has 0 saturated heterocycles. The van der Waals surface area contributed by atoms with Gasteiger partial charge in [-0.1, -0.05) is 32.9 Å². The molecule has 1 rings (SSSR count). The number of nitrogens with one attached hydrogen (secondary N) is 1. The van der Waals surface area contributed by atoms with E-state index in [9.17, 15) is 9.59 Å². The molecule has 1 aromatic carbocycles. The first-order valence-electron chi connectivity index (χ1n) is 6.27. The van der Waals surface area contributed by atoms with Crippen molar-refractivity contribution in [1.29, 1.82) is 0 Å². The molecule has 4 N–H and O–H groups in total. The van der Waals surface area contributed by atoms with Gasteiger partial charge >= 0.3 is 5.97 Å². The van der Waals surface area contributed by atoms with Crippen LogP contribution in [-0.4, -0.2) is 23.0 Å². The van der Waals surface area contributed by atoms with Gasteiger partial charge in [0, 0.05) is 11.8 Å². The number of hydrogen-bond acceptors (Lipinski definition) is 3. The van der Waals surface area contributed by atoms with E-state index in [1.165, 1.54) is 6.08 Å². The van der Waals surface area contributed by atoms with Crippen LogP contribution in [-0.2, 0) is 9.59 Å². The van der Waals surface area contributed by atoms with Gasteiger partial charge in [-0.2, -0.15) is 0 Å². The minimum Gasteiger partial charge on any atom is -0.480 e. The third-order valence-electron chi connectivity index (χ3n) is 2.76. The Balaban J connectivity index is 2.71. The Labute approximate surface area is 118 Å². The van der Waals surface area contributed by atoms with Gasteiger partial charge in [0.1, 0.15) is 6.04 Å². The van der Waals surface area contributed by atoms with Crippen molar-refractivity contribution in [3.05, 3.63) is 35.9 Å². The Morgan fingerprint density at radius 3 is 2.25 bits per heavy atom. The first-order valence-corrected chi connectivity index (χ1v) is 6.27. The van der Waals surface area contributed by atoms with Crippen molar-refractivity contribution in [2.75, 3.05) is 5.73 Å². The SMILES string of the molecule is CC(C)(C)[C@H](NC(=O)/C=C/c1ccc(N)cc1)C(=O)O. The van der Waals surface area contributed by atoms with Crippen LogP contribution in [0.2, 0.25) is 0 Å². The van der Waals surface area contributed by atoms with Crippen molar-refractivity contribution in [3.63, 3.8) is 0 Å². The summed E-state index contributed by atoms with van der Waals surface area (Å²) in [6, 6.07) is 6.07. The van der Waals surface area contributed by atoms with Crippen LogP contribution in [0.4, 0.5) is 5.69 Å². The highest BCUT2D eigenvalue weighted by Crippen LogP contribution is 2.19. The molecule has 1 amide bonds. The molecule has 0 spiro atoms. The fourth-order valence-electron chi connectivity index (χ4n) is 1.62. The minimum absolute atomic E-state index is 0.441. The number of benzene rings is 1. The van der Waals surface area contributed by atoms with Crippen molar-refractivity contribution in [1.82, 2.24) is 5.32 Å². The molecular formula is C15H20N2O3. The third-order valence-corrected chi connectivity index (χ3v) is 2.76. The van der Waals surface area contributed by atoms with Gasteiger partial charge in [0.2, 0.25) is 5.91 Å². The summed E-state index contributed by atoms with van der Waals surface area (Å²) in [5.74, 6) is -1.49. The molecule has 1 aromatic rings. The molecule has 108 valence electrons. The average Bonchev–Trinajstić information content (AvgIpc) is 2.33. The van der Waals surface area contributed by atoms with Crippen molar-refractivity contribution in [3.8, 4) is 0 Å². The molecule has 5 nitrogen and oxygen atoms in total. The summed E-state index contributed by atoms with van der Waals surface area (Å²) in [6.45, 7) is 5.28. The van der Waals surface area contributed by atoms with Crippen LogP contribution in [0.3, 0.4) is 0 Å². The lowest BCUT2D eigenvalue weighted by Gasteiger charge is -2.27. The zero-order valence-electron chi connectivity index (χ0n) is 11.9. The number of carboxylic acid groups (broad SMARTS) is 1. The van der Waals surface area contributed by atoms with E-state index >= 15 is 0 Å². The lowest BCUT2D eigenvalue weighted by Crippen LogP contribution is -2.48. The molecule has 0 radical (unpaired) electrons. The van der Waals surface area contributed by atoms with Crippen LogP contribution in [0.25, 0.3) is 6.08 Å². The predicted molar refractivity (Wildman–Crippen MR) is 78.9 cm³/mol. The number of carbonyl (C=O) groups excluding carboxylic acids is 1. The number of carboxylic acids is 1. The summed E-state index contributed by atoms with van der Waals surface area (Å²) < 4.78 is 0. The maximum absolute atomic E-state index is 11.8. The summed E-state index contributed by atoms with van der Waals surface area (Å²) in [5, 5.41) is 11.6. The zero-order valence-corrected chi connectivity index (χ0v) is 11.9. The molecule has 1 atom stereocenters. The maximum atomic E-state index is 11.8. The summed E-state index contributed by atoms with van der Waals surface area (Å²) in [4.78, 5) is 22.9. The normalized spacial score (nSPS) is 13.2. The topological polar surface area (TPSA) is 92.4 Å². The Morgan fingerprint density at radius 1 is 1.25 bits per heavy atom. The quantitative estimate of drug-likeness (QED) is 0.578. The number of anilines is 1. The lowest BCUT2D eigenvalue weighted by atomic mass is 9.87. The molecule has 5 heteroatoms. The van der Waals surface area contributed by atoms with Crippen LogP contribution in [0.1, 0.15) is 26.3 Å². The largest absolute Gasteiger partial charge is 0.480 e. The van der Waals surface area contributed by atoms with E-state index in [-0.39, 0.29) is 0 Å². The molecular weight excluding hydrogens is 256 g/mol. The van der Waals surface area contributed by atoms with Crippen molar-refractivity contribution < 1.29 is 14.7 Å². The first-order chi connectivity index (χ1) is 9.20. The van der Waals surface area contributed by atoms with Gasteiger partial charge in [-0.3, -0.25) is 4.79 Å². The second kappa shape index (κ2) is 6.23. The number of amides is 1. The monoisotopic (exact) mass is 276 g/mol. The summed E-state index contributed by atoms with van der Waals surface area (Å²) in [6.07, 6.45) is 2.92. The van der Waals surface area contributed by atoms with Gasteiger partial charge in [0.05, 0.1) is 0 Å². The first kappa shape index (κ1) is 15.8. The Hall–Kier alpha value is -2.30. The highest BCUT2D eigenvalue weighted by atomic mass is 16.4. The van der Waals surface area contributed by atoms with Gasteiger partial charge in [0.25, 0.3) is 0 Å². The summed E-state index contributed by atoms with van der Waals surface area (Å²) in [5.41, 5.74) is 6.46. The smallest absolute Gasteiger partial charge is 0.326 e. The molecule has 0 aromatic heterocycles. The van der Waals surface area contributed by atoms with E-state index in [2.05, 4.69) is 5.32 Å². The van der Waals surface area contributed by atoms with Gasteiger partial charge in [0.15, 0.2) is 0 Å². The van der Waals surface area contributed by atoms with Crippen molar-refractivity contribution >= 4 is 23.6 Å². The highest BCUT2D eigenvalue weighted by molar-refractivity contribution is 5.94. The van der Waals surface area contributed by atoms with E-state index in [4.69, 9.17) is 10.8 Å². The van der Waals surface area contributed by atoms with Crippen molar-refractivity contribution in [2.45, 2.75) is 26.8 Å². The average molecular weight is 276 g/mol. The fourth-order valence-corrected chi connectivity index (χ4v) is 1.62. The number of hydrogen-bond donors (Lipinski definition) is 3. The van der Waals surface area contributed by atoms with Gasteiger partial charge in [-0.05, 0) is 29.2 Å². The highest BCUT2D eigenvalue weighted by Gasteiger charge is 2.31. The Kier molecular flexibility index (Phi) is 4.91. The molecule has 0 unspecified atom stereocenters. The minimum atomic E-state index is -1.05. The zero-order chi connectivity index (χ0) is 15.3. The molecule has 0 fully saturated rings. The maximum Gasteiger partial charge on any atom is 0.326 e. The molecule has 0 bridgehead atoms. The van der Waals surface area contributed by atoms with E-state index < -0.39 is 23.3 Å². The predicted octanol–water partition coefficient (Wildman–Crippen LogP) is 1.90. The van der Waals surface area contributed by atoms with E-state index in [0.717, 1.165) is 5.56 Å². The molecule has 0 aliphatic carbocycles. The molecule has 0 saturated carbocycles. The number of carbonyl (C=O) groups is 2. The lowest BCUT2D eigenvalue weighted by molar-refractivity contribution is -0.144. The fraction of sp³-hybridized carbons (Fsp3) is 0.333. The van der Waals surface area contributed by atoms with E-state index in [1.54, 1.807) is 51.1 Å². The third kappa shape index (κ3) is 4.76. The summed E-state index contributed by atoms with van der Waals surface area (Å²) >= 11 is 0. The van der Waals surface area contributed by atoms with Crippen LogP contribution in [0, 0.1) is 5.41 Å². The Bertz CT molecular complexity index is 513. The van der Waals surface area contributed by atoms with E-state index in [1.807, 2.05) is 0 Å². The van der Waals surface area contributed by atoms with Crippen molar-refractivity contribution in [2.24, 2.45) is 5.41 Å². The molecule has 0 aliphatic heterocycles. The number of nitrogen functional groups attached to an aromatic ring is 1. The second-order valence-corrected chi connectivity index (χ2v) is 5.65. The van der Waals surface area contributed by atoms with Gasteiger partial charge < -0.3 is 16.2 Å². The van der Waals surface area contributed by atoms with E-state index in [0.29, 0.717) is 5.69 Å². The summed E-state index contributed by atoms with van der Waals surface area (Å²) in [7, 11) is 0. The number of nitrogens with two attached hydrogens (primary N) is 1. The second-order valence-electron chi connectivity index (χ2n) is 5.65. The van der Waals surface area contributed by atoms with Crippen LogP contribution >= 0.6 is 0 Å². The number of aliphatic carboxylic acids is 1. The molecule has 0 aliphatic rings. The number of rotatable bonds is 4. The van der Waals surface area contributed by atoms with Gasteiger partial charge in [-0.15, -0.1) is 0 Å². The molecule has 0 heterocycles. The standard InChI is InChI=1S/C15H20N2O3/c1-15(2,3)13(14(19)20)17-12(18)9-6-10-4-7-11(16)8-5-10/h4-9,13H,16H2,1-3H3,(H,17,18)(H,19,20)/b9-6+/t13-/m1/s1. The van der Waals surface area contributed by atoms with Crippen LogP contribution in [0.5, 0.6) is 0 Å². The van der Waals surface area contributed by atoms with Crippen LogP contribution < -0.4 is 11.1 Å². The Morgan fingerprint density at radius 2 is 1.80 bits per heavy atom. The van der Waals surface area contributed by atoms with Gasteiger partial charge in [-0.25, -0.2) is 4.79 Å². The molecule has 20 heavy (non-hydrogen) atoms. The van der Waals surface area contributed by atoms with Crippen LogP contribution in [0.15, 0.2) is 30.3 Å².